The maximum Gasteiger partial charge on any atom is 0.494 e. The summed E-state index contributed by atoms with van der Waals surface area (Å²) in [6.45, 7) is 28.3. The zero-order chi connectivity index (χ0) is 42.2. The Balaban J connectivity index is 1.12. The highest BCUT2D eigenvalue weighted by atomic mass is 16.7. The van der Waals surface area contributed by atoms with E-state index in [1.165, 1.54) is 47.9 Å². The normalized spacial score (nSPS) is 23.5. The first-order valence-corrected chi connectivity index (χ1v) is 23.3. The molecule has 2 aromatic carbocycles. The monoisotopic (exact) mass is 815 g/mol. The quantitative estimate of drug-likeness (QED) is 0.0861. The maximum atomic E-state index is 6.66. The highest BCUT2D eigenvalue weighted by Gasteiger charge is 2.54. The molecule has 59 heavy (non-hydrogen) atoms. The van der Waals surface area contributed by atoms with Gasteiger partial charge in [-0.2, -0.15) is 0 Å². The van der Waals surface area contributed by atoms with Crippen LogP contribution in [0.5, 0.6) is 0 Å². The molecule has 1 aliphatic carbocycles. The number of benzene rings is 2. The third kappa shape index (κ3) is 9.19. The van der Waals surface area contributed by atoms with Crippen molar-refractivity contribution in [3.05, 3.63) is 47.5 Å². The first kappa shape index (κ1) is 45.3. The zero-order valence-corrected chi connectivity index (χ0v) is 38.5. The molecule has 0 radical (unpaired) electrons. The number of ether oxygens (including phenoxy) is 4. The summed E-state index contributed by atoms with van der Waals surface area (Å²) >= 11 is 0. The molecule has 4 fully saturated rings. The van der Waals surface area contributed by atoms with Crippen molar-refractivity contribution in [2.75, 3.05) is 52.9 Å². The van der Waals surface area contributed by atoms with Gasteiger partial charge in [0.2, 0.25) is 0 Å². The minimum atomic E-state index is -0.413. The van der Waals surface area contributed by atoms with Crippen LogP contribution in [0.15, 0.2) is 36.4 Å². The Hall–Kier alpha value is -1.75. The highest BCUT2D eigenvalue weighted by Crippen LogP contribution is 2.54. The zero-order valence-electron chi connectivity index (χ0n) is 38.5. The first-order chi connectivity index (χ1) is 28.0. The molecule has 0 atom stereocenters. The van der Waals surface area contributed by atoms with Crippen LogP contribution in [-0.4, -0.2) is 89.5 Å². The standard InChI is InChI=1S/C49H76B2O8/c1-11-47(33-54-34-47)31-52-27-19-15-13-17-25-49(26-18-14-16-20-28-53-32-48(12-2)35-55-36-48)41-29-37(50-56-43(3,4)44(5,6)57-50)21-23-39(41)40-24-22-38(30-42(40)49)51-58-45(7,8)46(9,10)59-51/h21-24,29-30H,11-20,25-28,31-36H2,1-10H3. The third-order valence-corrected chi connectivity index (χ3v) is 15.7. The van der Waals surface area contributed by atoms with E-state index in [1.54, 1.807) is 0 Å². The van der Waals surface area contributed by atoms with E-state index in [4.69, 9.17) is 37.6 Å². The van der Waals surface area contributed by atoms with Crippen LogP contribution in [0.3, 0.4) is 0 Å². The lowest BCUT2D eigenvalue weighted by atomic mass is 9.67. The van der Waals surface area contributed by atoms with Crippen LogP contribution in [0, 0.1) is 10.8 Å². The molecule has 5 aliphatic rings. The molecule has 0 saturated carbocycles. The van der Waals surface area contributed by atoms with E-state index < -0.39 is 36.6 Å². The van der Waals surface area contributed by atoms with Gasteiger partial charge in [0.15, 0.2) is 0 Å². The maximum absolute atomic E-state index is 6.66. The summed E-state index contributed by atoms with van der Waals surface area (Å²) in [6, 6.07) is 14.0. The highest BCUT2D eigenvalue weighted by molar-refractivity contribution is 6.62. The summed E-state index contributed by atoms with van der Waals surface area (Å²) in [4.78, 5) is 0. The number of rotatable bonds is 22. The summed E-state index contributed by atoms with van der Waals surface area (Å²) in [5.74, 6) is 0. The molecule has 0 spiro atoms. The Labute approximate surface area is 358 Å². The molecule has 0 amide bonds. The average molecular weight is 815 g/mol. The van der Waals surface area contributed by atoms with Crippen molar-refractivity contribution in [3.63, 3.8) is 0 Å². The van der Waals surface area contributed by atoms with Crippen molar-refractivity contribution in [3.8, 4) is 11.1 Å². The summed E-state index contributed by atoms with van der Waals surface area (Å²) in [7, 11) is -0.826. The second-order valence-electron chi connectivity index (χ2n) is 21.0. The van der Waals surface area contributed by atoms with Gasteiger partial charge >= 0.3 is 14.2 Å². The number of fused-ring (bicyclic) bond motifs is 3. The fourth-order valence-corrected chi connectivity index (χ4v) is 9.55. The van der Waals surface area contributed by atoms with Crippen LogP contribution in [0.4, 0.5) is 0 Å². The molecular formula is C49H76B2O8. The largest absolute Gasteiger partial charge is 0.494 e. The van der Waals surface area contributed by atoms with E-state index in [1.807, 2.05) is 0 Å². The van der Waals surface area contributed by atoms with Gasteiger partial charge in [0.1, 0.15) is 0 Å². The molecular weight excluding hydrogens is 738 g/mol. The van der Waals surface area contributed by atoms with Gasteiger partial charge < -0.3 is 37.6 Å². The van der Waals surface area contributed by atoms with Gasteiger partial charge in [-0.1, -0.05) is 88.8 Å². The Kier molecular flexibility index (Phi) is 13.7. The van der Waals surface area contributed by atoms with Crippen molar-refractivity contribution in [2.24, 2.45) is 10.8 Å². The molecule has 8 nitrogen and oxygen atoms in total. The topological polar surface area (TPSA) is 73.8 Å². The van der Waals surface area contributed by atoms with E-state index in [2.05, 4.69) is 106 Å². The van der Waals surface area contributed by atoms with Crippen molar-refractivity contribution >= 4 is 25.2 Å². The van der Waals surface area contributed by atoms with Gasteiger partial charge in [-0.3, -0.25) is 0 Å². The van der Waals surface area contributed by atoms with Crippen molar-refractivity contribution in [2.45, 2.75) is 174 Å². The molecule has 2 aromatic rings. The predicted molar refractivity (Wildman–Crippen MR) is 239 cm³/mol. The van der Waals surface area contributed by atoms with Gasteiger partial charge in [0.05, 0.1) is 62.0 Å². The molecule has 0 bridgehead atoms. The van der Waals surface area contributed by atoms with Gasteiger partial charge in [-0.15, -0.1) is 0 Å². The Morgan fingerprint density at radius 2 is 0.847 bits per heavy atom. The second-order valence-corrected chi connectivity index (χ2v) is 21.0. The van der Waals surface area contributed by atoms with Crippen molar-refractivity contribution in [1.82, 2.24) is 0 Å². The Morgan fingerprint density at radius 1 is 0.492 bits per heavy atom. The fraction of sp³-hybridized carbons (Fsp3) is 0.755. The molecule has 0 unspecified atom stereocenters. The summed E-state index contributed by atoms with van der Waals surface area (Å²) in [5.41, 5.74) is 6.37. The van der Waals surface area contributed by atoms with Gasteiger partial charge in [-0.05, 0) is 127 Å². The van der Waals surface area contributed by atoms with Crippen LogP contribution in [0.25, 0.3) is 11.1 Å². The molecule has 326 valence electrons. The molecule has 4 heterocycles. The lowest BCUT2D eigenvalue weighted by molar-refractivity contribution is -0.150. The van der Waals surface area contributed by atoms with Crippen molar-refractivity contribution < 1.29 is 37.6 Å². The van der Waals surface area contributed by atoms with Crippen LogP contribution in [-0.2, 0) is 43.0 Å². The molecule has 0 aromatic heterocycles. The van der Waals surface area contributed by atoms with E-state index in [-0.39, 0.29) is 16.2 Å². The third-order valence-electron chi connectivity index (χ3n) is 15.7. The van der Waals surface area contributed by atoms with Crippen LogP contribution < -0.4 is 10.9 Å². The molecule has 10 heteroatoms. The number of unbranched alkanes of at least 4 members (excludes halogenated alkanes) is 6. The molecule has 7 rings (SSSR count). The summed E-state index contributed by atoms with van der Waals surface area (Å²) < 4.78 is 50.1. The van der Waals surface area contributed by atoms with E-state index in [9.17, 15) is 0 Å². The van der Waals surface area contributed by atoms with E-state index in [0.29, 0.717) is 0 Å². The smallest absolute Gasteiger partial charge is 0.399 e. The fourth-order valence-electron chi connectivity index (χ4n) is 9.55. The van der Waals surface area contributed by atoms with Gasteiger partial charge in [0.25, 0.3) is 0 Å². The molecule has 4 saturated heterocycles. The minimum absolute atomic E-state index is 0.160. The van der Waals surface area contributed by atoms with Crippen molar-refractivity contribution in [1.29, 1.82) is 0 Å². The van der Waals surface area contributed by atoms with Gasteiger partial charge in [0, 0.05) is 29.5 Å². The number of hydrogen-bond donors (Lipinski definition) is 0. The lowest BCUT2D eigenvalue weighted by Crippen LogP contribution is -2.45. The Morgan fingerprint density at radius 3 is 1.17 bits per heavy atom. The SMILES string of the molecule is CCC1(COCCCCCCC2(CCCCCCOCC3(CC)COC3)c3cc(B4OC(C)(C)C(C)(C)O4)ccc3-c3ccc(B4OC(C)(C)C(C)(C)O4)cc32)COC1. The van der Waals surface area contributed by atoms with Crippen LogP contribution >= 0.6 is 0 Å². The van der Waals surface area contributed by atoms with E-state index >= 15 is 0 Å². The predicted octanol–water partition coefficient (Wildman–Crippen LogP) is 9.34. The number of hydrogen-bond acceptors (Lipinski definition) is 8. The molecule has 0 N–H and O–H groups in total. The van der Waals surface area contributed by atoms with Crippen LogP contribution in [0.1, 0.15) is 157 Å². The summed E-state index contributed by atoms with van der Waals surface area (Å²) in [6.07, 6.45) is 13.5. The van der Waals surface area contributed by atoms with Crippen LogP contribution in [0.2, 0.25) is 0 Å². The average Bonchev–Trinajstić information content (AvgIpc) is 3.65. The van der Waals surface area contributed by atoms with Gasteiger partial charge in [-0.25, -0.2) is 0 Å². The minimum Gasteiger partial charge on any atom is -0.399 e. The Bertz CT molecular complexity index is 1560. The lowest BCUT2D eigenvalue weighted by Gasteiger charge is -2.40. The summed E-state index contributed by atoms with van der Waals surface area (Å²) in [5, 5.41) is 0. The molecule has 4 aliphatic heterocycles. The first-order valence-electron chi connectivity index (χ1n) is 23.3. The second kappa shape index (κ2) is 17.8. The van der Waals surface area contributed by atoms with E-state index in [0.717, 1.165) is 115 Å².